The first-order chi connectivity index (χ1) is 11.1. The number of rotatable bonds is 6. The van der Waals surface area contributed by atoms with Gasteiger partial charge in [0.15, 0.2) is 0 Å². The average Bonchev–Trinajstić information content (AvgIpc) is 3.41. The molecule has 0 aliphatic heterocycles. The Bertz CT molecular complexity index is 542. The van der Waals surface area contributed by atoms with Crippen LogP contribution >= 0.6 is 0 Å². The predicted octanol–water partition coefficient (Wildman–Crippen LogP) is 2.79. The Morgan fingerprint density at radius 3 is 2.30 bits per heavy atom. The number of ether oxygens (including phenoxy) is 1. The largest absolute Gasteiger partial charge is 0.497 e. The smallest absolute Gasteiger partial charge is 0.230 e. The van der Waals surface area contributed by atoms with Crippen LogP contribution in [-0.2, 0) is 10.2 Å². The zero-order valence-corrected chi connectivity index (χ0v) is 13.9. The summed E-state index contributed by atoms with van der Waals surface area (Å²) in [6.07, 6.45) is 7.20. The number of hydrogen-bond donors (Lipinski definition) is 2. The fraction of sp³-hybridized carbons (Fsp3) is 0.632. The molecule has 2 fully saturated rings. The van der Waals surface area contributed by atoms with Gasteiger partial charge in [0, 0.05) is 12.0 Å². The summed E-state index contributed by atoms with van der Waals surface area (Å²) in [5.41, 5.74) is 0.617. The van der Waals surface area contributed by atoms with Gasteiger partial charge in [-0.25, -0.2) is 0 Å². The lowest BCUT2D eigenvalue weighted by atomic mass is 9.68. The molecule has 4 nitrogen and oxygen atoms in total. The van der Waals surface area contributed by atoms with E-state index in [0.29, 0.717) is 6.54 Å². The Balaban J connectivity index is 1.79. The van der Waals surface area contributed by atoms with Crippen molar-refractivity contribution < 1.29 is 14.6 Å². The molecule has 1 aromatic rings. The first-order valence-electron chi connectivity index (χ1n) is 8.68. The second kappa shape index (κ2) is 6.52. The molecule has 0 spiro atoms. The van der Waals surface area contributed by atoms with Gasteiger partial charge in [0.1, 0.15) is 5.75 Å². The van der Waals surface area contributed by atoms with Crippen molar-refractivity contribution in [2.45, 2.75) is 50.4 Å². The van der Waals surface area contributed by atoms with Crippen LogP contribution in [0.3, 0.4) is 0 Å². The predicted molar refractivity (Wildman–Crippen MR) is 89.5 cm³/mol. The Morgan fingerprint density at radius 2 is 1.78 bits per heavy atom. The van der Waals surface area contributed by atoms with Gasteiger partial charge in [0.2, 0.25) is 5.91 Å². The molecule has 4 heteroatoms. The zero-order valence-electron chi connectivity index (χ0n) is 13.9. The Kier molecular flexibility index (Phi) is 4.62. The van der Waals surface area contributed by atoms with Crippen molar-refractivity contribution in [2.24, 2.45) is 5.41 Å². The molecule has 0 saturated heterocycles. The Hall–Kier alpha value is -1.55. The quantitative estimate of drug-likeness (QED) is 0.848. The van der Waals surface area contributed by atoms with Crippen molar-refractivity contribution in [3.8, 4) is 5.75 Å². The lowest BCUT2D eigenvalue weighted by molar-refractivity contribution is -0.128. The van der Waals surface area contributed by atoms with E-state index in [1.165, 1.54) is 6.42 Å². The highest BCUT2D eigenvalue weighted by molar-refractivity contribution is 5.88. The average molecular weight is 317 g/mol. The molecular weight excluding hydrogens is 290 g/mol. The summed E-state index contributed by atoms with van der Waals surface area (Å²) in [7, 11) is 1.65. The number of carbonyl (C=O) groups is 1. The summed E-state index contributed by atoms with van der Waals surface area (Å²) in [5, 5.41) is 12.6. The van der Waals surface area contributed by atoms with Crippen LogP contribution in [0.15, 0.2) is 24.3 Å². The Morgan fingerprint density at radius 1 is 1.13 bits per heavy atom. The van der Waals surface area contributed by atoms with E-state index in [-0.39, 0.29) is 17.9 Å². The van der Waals surface area contributed by atoms with Crippen LogP contribution in [-0.4, -0.2) is 31.3 Å². The monoisotopic (exact) mass is 317 g/mol. The number of aliphatic hydroxyl groups excluding tert-OH is 1. The molecule has 23 heavy (non-hydrogen) atoms. The van der Waals surface area contributed by atoms with Crippen molar-refractivity contribution in [3.05, 3.63) is 29.8 Å². The summed E-state index contributed by atoms with van der Waals surface area (Å²) < 4.78 is 5.24. The first kappa shape index (κ1) is 16.3. The second-order valence-electron chi connectivity index (χ2n) is 7.21. The van der Waals surface area contributed by atoms with Crippen molar-refractivity contribution in [3.63, 3.8) is 0 Å². The summed E-state index contributed by atoms with van der Waals surface area (Å²) in [6, 6.07) is 7.94. The third-order valence-corrected chi connectivity index (χ3v) is 5.70. The maximum atomic E-state index is 13.0. The van der Waals surface area contributed by atoms with Crippen LogP contribution in [0, 0.1) is 5.41 Å². The number of benzene rings is 1. The highest BCUT2D eigenvalue weighted by Gasteiger charge is 2.45. The minimum Gasteiger partial charge on any atom is -0.497 e. The lowest BCUT2D eigenvalue weighted by Crippen LogP contribution is -2.47. The fourth-order valence-electron chi connectivity index (χ4n) is 3.72. The number of amides is 1. The SMILES string of the molecule is COc1ccc(C2(C(=O)NCC3(CO)CC3)CCCCC2)cc1. The second-order valence-corrected chi connectivity index (χ2v) is 7.21. The van der Waals surface area contributed by atoms with Crippen molar-refractivity contribution >= 4 is 5.91 Å². The zero-order chi connectivity index (χ0) is 16.3. The van der Waals surface area contributed by atoms with E-state index in [2.05, 4.69) is 5.32 Å². The summed E-state index contributed by atoms with van der Waals surface area (Å²) >= 11 is 0. The van der Waals surface area contributed by atoms with Crippen LogP contribution in [0.4, 0.5) is 0 Å². The van der Waals surface area contributed by atoms with Crippen LogP contribution in [0.5, 0.6) is 5.75 Å². The molecule has 2 aliphatic rings. The molecule has 0 radical (unpaired) electrons. The molecule has 0 bridgehead atoms. The molecule has 0 aromatic heterocycles. The highest BCUT2D eigenvalue weighted by atomic mass is 16.5. The van der Waals surface area contributed by atoms with Gasteiger partial charge in [-0.3, -0.25) is 4.79 Å². The van der Waals surface area contributed by atoms with Crippen LogP contribution in [0.2, 0.25) is 0 Å². The summed E-state index contributed by atoms with van der Waals surface area (Å²) in [4.78, 5) is 13.0. The Labute approximate surface area is 138 Å². The molecule has 126 valence electrons. The van der Waals surface area contributed by atoms with Crippen LogP contribution in [0.25, 0.3) is 0 Å². The number of methoxy groups -OCH3 is 1. The van der Waals surface area contributed by atoms with Crippen molar-refractivity contribution in [2.75, 3.05) is 20.3 Å². The molecule has 3 rings (SSSR count). The van der Waals surface area contributed by atoms with Gasteiger partial charge in [-0.2, -0.15) is 0 Å². The van der Waals surface area contributed by atoms with E-state index in [4.69, 9.17) is 4.74 Å². The number of nitrogens with one attached hydrogen (secondary N) is 1. The highest BCUT2D eigenvalue weighted by Crippen LogP contribution is 2.45. The third kappa shape index (κ3) is 3.23. The van der Waals surface area contributed by atoms with E-state index >= 15 is 0 Å². The molecule has 0 heterocycles. The van der Waals surface area contributed by atoms with Gasteiger partial charge in [-0.1, -0.05) is 31.4 Å². The summed E-state index contributed by atoms with van der Waals surface area (Å²) in [6.45, 7) is 0.767. The van der Waals surface area contributed by atoms with Crippen molar-refractivity contribution in [1.82, 2.24) is 5.32 Å². The van der Waals surface area contributed by atoms with Gasteiger partial charge in [-0.05, 0) is 43.4 Å². The molecular formula is C19H27NO3. The third-order valence-electron chi connectivity index (χ3n) is 5.70. The molecule has 1 amide bonds. The van der Waals surface area contributed by atoms with Gasteiger partial charge >= 0.3 is 0 Å². The van der Waals surface area contributed by atoms with Crippen molar-refractivity contribution in [1.29, 1.82) is 0 Å². The maximum Gasteiger partial charge on any atom is 0.230 e. The number of aliphatic hydroxyl groups is 1. The normalized spacial score (nSPS) is 21.5. The van der Waals surface area contributed by atoms with Crippen LogP contribution < -0.4 is 10.1 Å². The molecule has 0 atom stereocenters. The minimum absolute atomic E-state index is 0.0502. The fourth-order valence-corrected chi connectivity index (χ4v) is 3.72. The standard InChI is InChI=1S/C19H27NO3/c1-23-16-7-5-15(6-8-16)19(9-3-2-4-10-19)17(22)20-13-18(14-21)11-12-18/h5-8,21H,2-4,9-14H2,1H3,(H,20,22). The van der Waals surface area contributed by atoms with Crippen LogP contribution in [0.1, 0.15) is 50.5 Å². The first-order valence-corrected chi connectivity index (χ1v) is 8.68. The van der Waals surface area contributed by atoms with E-state index in [1.54, 1.807) is 7.11 Å². The topological polar surface area (TPSA) is 58.6 Å². The van der Waals surface area contributed by atoms with E-state index < -0.39 is 5.41 Å². The molecule has 0 unspecified atom stereocenters. The van der Waals surface area contributed by atoms with E-state index in [0.717, 1.165) is 49.8 Å². The summed E-state index contributed by atoms with van der Waals surface area (Å²) in [5.74, 6) is 0.944. The molecule has 2 aliphatic carbocycles. The van der Waals surface area contributed by atoms with E-state index in [1.807, 2.05) is 24.3 Å². The molecule has 2 saturated carbocycles. The maximum absolute atomic E-state index is 13.0. The molecule has 1 aromatic carbocycles. The van der Waals surface area contributed by atoms with Gasteiger partial charge in [0.25, 0.3) is 0 Å². The van der Waals surface area contributed by atoms with Gasteiger partial charge in [0.05, 0.1) is 19.1 Å². The molecule has 2 N–H and O–H groups in total. The number of carbonyl (C=O) groups excluding carboxylic acids is 1. The van der Waals surface area contributed by atoms with E-state index in [9.17, 15) is 9.90 Å². The van der Waals surface area contributed by atoms with Gasteiger partial charge < -0.3 is 15.2 Å². The minimum atomic E-state index is -0.421. The van der Waals surface area contributed by atoms with Gasteiger partial charge in [-0.15, -0.1) is 0 Å². The number of hydrogen-bond acceptors (Lipinski definition) is 3. The lowest BCUT2D eigenvalue weighted by Gasteiger charge is -2.37.